The fourth-order valence-electron chi connectivity index (χ4n) is 0.589. The summed E-state index contributed by atoms with van der Waals surface area (Å²) in [7, 11) is 0. The number of hydrogen-bond donors (Lipinski definition) is 1. The second-order valence-corrected chi connectivity index (χ2v) is 1.88. The molecule has 0 aromatic carbocycles. The van der Waals surface area contributed by atoms with Gasteiger partial charge in [0.15, 0.2) is 0 Å². The number of carbonyl (C=O) groups is 1. The number of alkyl halides is 3. The molecular weight excluding hydrogens is 195 g/mol. The number of hydrogen-bond acceptors (Lipinski definition) is 4. The predicted octanol–water partition coefficient (Wildman–Crippen LogP) is 1.75. The molecular formula is C5H2F3NO4. The van der Waals surface area contributed by atoms with E-state index in [-0.39, 0.29) is 0 Å². The zero-order valence-electron chi connectivity index (χ0n) is 5.83. The van der Waals surface area contributed by atoms with Crippen molar-refractivity contribution in [2.45, 2.75) is 6.18 Å². The molecule has 5 nitrogen and oxygen atoms in total. The van der Waals surface area contributed by atoms with Crippen LogP contribution >= 0.6 is 0 Å². The molecule has 0 aliphatic heterocycles. The molecule has 0 bridgehead atoms. The summed E-state index contributed by atoms with van der Waals surface area (Å²) in [6, 6.07) is 0. The van der Waals surface area contributed by atoms with Crippen LogP contribution in [-0.4, -0.2) is 16.4 Å². The SMILES string of the molecule is O=C(O)Oc1cnoc1C(F)(F)F. The summed E-state index contributed by atoms with van der Waals surface area (Å²) in [5.41, 5.74) is 0. The van der Waals surface area contributed by atoms with E-state index in [0.717, 1.165) is 0 Å². The summed E-state index contributed by atoms with van der Waals surface area (Å²) < 4.78 is 43.3. The molecule has 0 radical (unpaired) electrons. The van der Waals surface area contributed by atoms with Gasteiger partial charge in [-0.1, -0.05) is 5.16 Å². The standard InChI is InChI=1S/C5H2F3NO4/c6-5(7,8)3-2(1-9-13-3)12-4(10)11/h1H,(H,10,11). The fourth-order valence-corrected chi connectivity index (χ4v) is 0.589. The largest absolute Gasteiger partial charge is 0.511 e. The first kappa shape index (κ1) is 9.36. The zero-order chi connectivity index (χ0) is 10.1. The first-order valence-electron chi connectivity index (χ1n) is 2.84. The molecule has 13 heavy (non-hydrogen) atoms. The van der Waals surface area contributed by atoms with Gasteiger partial charge in [0.25, 0.3) is 5.76 Å². The van der Waals surface area contributed by atoms with Crippen LogP contribution in [0.2, 0.25) is 0 Å². The minimum Gasteiger partial charge on any atom is -0.449 e. The van der Waals surface area contributed by atoms with Crippen LogP contribution < -0.4 is 4.74 Å². The van der Waals surface area contributed by atoms with Crippen molar-refractivity contribution in [3.05, 3.63) is 12.0 Å². The molecule has 0 unspecified atom stereocenters. The van der Waals surface area contributed by atoms with Gasteiger partial charge in [0.05, 0.1) is 0 Å². The van der Waals surface area contributed by atoms with E-state index >= 15 is 0 Å². The number of ether oxygens (including phenoxy) is 1. The summed E-state index contributed by atoms with van der Waals surface area (Å²) in [6.07, 6.45) is -6.16. The molecule has 8 heteroatoms. The fraction of sp³-hybridized carbons (Fsp3) is 0.200. The highest BCUT2D eigenvalue weighted by Gasteiger charge is 2.40. The highest BCUT2D eigenvalue weighted by Crippen LogP contribution is 2.35. The van der Waals surface area contributed by atoms with Crippen molar-refractivity contribution in [1.82, 2.24) is 5.16 Å². The first-order chi connectivity index (χ1) is 5.91. The molecule has 1 heterocycles. The quantitative estimate of drug-likeness (QED) is 0.694. The summed E-state index contributed by atoms with van der Waals surface area (Å²) >= 11 is 0. The van der Waals surface area contributed by atoms with Gasteiger partial charge < -0.3 is 14.4 Å². The van der Waals surface area contributed by atoms with Gasteiger partial charge in [0, 0.05) is 0 Å². The van der Waals surface area contributed by atoms with Crippen LogP contribution in [0.1, 0.15) is 5.76 Å². The zero-order valence-corrected chi connectivity index (χ0v) is 5.83. The van der Waals surface area contributed by atoms with Crippen molar-refractivity contribution < 1.29 is 32.3 Å². The van der Waals surface area contributed by atoms with Crippen LogP contribution in [0.15, 0.2) is 10.7 Å². The maximum Gasteiger partial charge on any atom is 0.511 e. The molecule has 0 spiro atoms. The lowest BCUT2D eigenvalue weighted by molar-refractivity contribution is -0.156. The van der Waals surface area contributed by atoms with Gasteiger partial charge >= 0.3 is 12.3 Å². The van der Waals surface area contributed by atoms with Gasteiger partial charge in [-0.25, -0.2) is 4.79 Å². The van der Waals surface area contributed by atoms with Gasteiger partial charge in [-0.3, -0.25) is 0 Å². The van der Waals surface area contributed by atoms with Crippen LogP contribution in [0.25, 0.3) is 0 Å². The van der Waals surface area contributed by atoms with E-state index in [1.165, 1.54) is 0 Å². The lowest BCUT2D eigenvalue weighted by atomic mass is 10.4. The Balaban J connectivity index is 2.96. The molecule has 1 N–H and O–H groups in total. The number of aromatic nitrogens is 1. The van der Waals surface area contributed by atoms with Crippen molar-refractivity contribution in [3.63, 3.8) is 0 Å². The normalized spacial score (nSPS) is 11.3. The van der Waals surface area contributed by atoms with Crippen molar-refractivity contribution in [1.29, 1.82) is 0 Å². The second-order valence-electron chi connectivity index (χ2n) is 1.88. The maximum absolute atomic E-state index is 11.9. The maximum atomic E-state index is 11.9. The van der Waals surface area contributed by atoms with E-state index < -0.39 is 23.8 Å². The monoisotopic (exact) mass is 197 g/mol. The van der Waals surface area contributed by atoms with Crippen molar-refractivity contribution in [2.24, 2.45) is 0 Å². The summed E-state index contributed by atoms with van der Waals surface area (Å²) in [5.74, 6) is -2.55. The van der Waals surface area contributed by atoms with E-state index in [1.54, 1.807) is 0 Å². The second kappa shape index (κ2) is 2.96. The summed E-state index contributed by atoms with van der Waals surface area (Å²) in [5, 5.41) is 10.8. The van der Waals surface area contributed by atoms with Crippen LogP contribution in [-0.2, 0) is 6.18 Å². The third-order valence-corrected chi connectivity index (χ3v) is 0.992. The molecule has 0 saturated carbocycles. The average Bonchev–Trinajstić information content (AvgIpc) is 2.31. The van der Waals surface area contributed by atoms with E-state index in [2.05, 4.69) is 14.4 Å². The highest BCUT2D eigenvalue weighted by atomic mass is 19.4. The molecule has 0 aliphatic carbocycles. The molecule has 72 valence electrons. The van der Waals surface area contributed by atoms with Gasteiger partial charge in [-0.05, 0) is 0 Å². The molecule has 0 aliphatic rings. The predicted molar refractivity (Wildman–Crippen MR) is 30.2 cm³/mol. The van der Waals surface area contributed by atoms with E-state index in [0.29, 0.717) is 6.20 Å². The molecule has 0 saturated heterocycles. The molecule has 0 fully saturated rings. The number of carboxylic acid groups (broad SMARTS) is 1. The minimum absolute atomic E-state index is 0.525. The Kier molecular flexibility index (Phi) is 2.13. The molecule has 1 rings (SSSR count). The molecule has 0 amide bonds. The van der Waals surface area contributed by atoms with E-state index in [1.807, 2.05) is 0 Å². The Morgan fingerprint density at radius 1 is 1.62 bits per heavy atom. The summed E-state index contributed by atoms with van der Waals surface area (Å²) in [4.78, 5) is 9.89. The lowest BCUT2D eigenvalue weighted by Crippen LogP contribution is -2.09. The molecule has 1 aromatic heterocycles. The van der Waals surface area contributed by atoms with Crippen LogP contribution in [0.5, 0.6) is 5.75 Å². The van der Waals surface area contributed by atoms with E-state index in [9.17, 15) is 18.0 Å². The molecule has 0 atom stereocenters. The topological polar surface area (TPSA) is 72.6 Å². The Morgan fingerprint density at radius 2 is 2.23 bits per heavy atom. The number of nitrogens with zero attached hydrogens (tertiary/aromatic N) is 1. The molecule has 1 aromatic rings. The third kappa shape index (κ3) is 2.10. The minimum atomic E-state index is -4.82. The number of rotatable bonds is 1. The van der Waals surface area contributed by atoms with Gasteiger partial charge in [0.2, 0.25) is 5.75 Å². The lowest BCUT2D eigenvalue weighted by Gasteiger charge is -2.02. The van der Waals surface area contributed by atoms with Gasteiger partial charge in [0.1, 0.15) is 6.20 Å². The van der Waals surface area contributed by atoms with Crippen molar-refractivity contribution >= 4 is 6.16 Å². The third-order valence-electron chi connectivity index (χ3n) is 0.992. The Hall–Kier alpha value is -1.73. The number of halogens is 3. The Labute approximate surface area is 68.7 Å². The van der Waals surface area contributed by atoms with E-state index in [4.69, 9.17) is 5.11 Å². The first-order valence-corrected chi connectivity index (χ1v) is 2.84. The van der Waals surface area contributed by atoms with Crippen molar-refractivity contribution in [2.75, 3.05) is 0 Å². The Morgan fingerprint density at radius 3 is 2.69 bits per heavy atom. The van der Waals surface area contributed by atoms with Crippen LogP contribution in [0, 0.1) is 0 Å². The van der Waals surface area contributed by atoms with Gasteiger partial charge in [-0.15, -0.1) is 0 Å². The van der Waals surface area contributed by atoms with Gasteiger partial charge in [-0.2, -0.15) is 13.2 Å². The Bertz CT molecular complexity index is 318. The average molecular weight is 197 g/mol. The van der Waals surface area contributed by atoms with Crippen molar-refractivity contribution in [3.8, 4) is 5.75 Å². The highest BCUT2D eigenvalue weighted by molar-refractivity contribution is 5.61. The smallest absolute Gasteiger partial charge is 0.449 e. The van der Waals surface area contributed by atoms with Crippen LogP contribution in [0.3, 0.4) is 0 Å². The summed E-state index contributed by atoms with van der Waals surface area (Å²) in [6.45, 7) is 0. The van der Waals surface area contributed by atoms with Crippen LogP contribution in [0.4, 0.5) is 18.0 Å².